The van der Waals surface area contributed by atoms with E-state index < -0.39 is 0 Å². The van der Waals surface area contributed by atoms with E-state index in [1.807, 2.05) is 0 Å². The molecule has 0 aromatic rings. The van der Waals surface area contributed by atoms with Crippen molar-refractivity contribution in [1.82, 2.24) is 5.32 Å². The van der Waals surface area contributed by atoms with Crippen LogP contribution in [0.4, 0.5) is 0 Å². The minimum Gasteiger partial charge on any atom is -0.382 e. The third kappa shape index (κ3) is 8.26. The van der Waals surface area contributed by atoms with Gasteiger partial charge in [0.15, 0.2) is 0 Å². The summed E-state index contributed by atoms with van der Waals surface area (Å²) < 4.78 is 5.22. The lowest BCUT2D eigenvalue weighted by Crippen LogP contribution is -2.27. The van der Waals surface area contributed by atoms with Crippen LogP contribution < -0.4 is 5.32 Å². The van der Waals surface area contributed by atoms with Crippen molar-refractivity contribution in [1.29, 1.82) is 0 Å². The van der Waals surface area contributed by atoms with Crippen LogP contribution in [-0.4, -0.2) is 26.3 Å². The van der Waals surface area contributed by atoms with Crippen molar-refractivity contribution in [3.8, 4) is 0 Å². The van der Waals surface area contributed by atoms with Gasteiger partial charge in [-0.1, -0.05) is 20.8 Å². The van der Waals surface area contributed by atoms with Crippen molar-refractivity contribution >= 4 is 0 Å². The summed E-state index contributed by atoms with van der Waals surface area (Å²) in [4.78, 5) is 0. The highest BCUT2D eigenvalue weighted by Gasteiger charge is 2.07. The summed E-state index contributed by atoms with van der Waals surface area (Å²) in [5.74, 6) is 1.45. The first kappa shape index (κ1) is 12.9. The number of nitrogens with one attached hydrogen (secondary N) is 1. The molecule has 0 aliphatic heterocycles. The molecule has 0 aromatic carbocycles. The Bertz CT molecular complexity index is 115. The summed E-state index contributed by atoms with van der Waals surface area (Å²) in [5, 5.41) is 3.46. The van der Waals surface area contributed by atoms with E-state index in [2.05, 4.69) is 33.0 Å². The molecule has 0 aliphatic carbocycles. The summed E-state index contributed by atoms with van der Waals surface area (Å²) in [7, 11) is 1.78. The molecule has 0 spiro atoms. The highest BCUT2D eigenvalue weighted by Crippen LogP contribution is 2.06. The Morgan fingerprint density at radius 3 is 2.15 bits per heavy atom. The number of hydrogen-bond acceptors (Lipinski definition) is 2. The molecule has 0 aliphatic rings. The Morgan fingerprint density at radius 2 is 1.69 bits per heavy atom. The van der Waals surface area contributed by atoms with Crippen LogP contribution in [0.3, 0.4) is 0 Å². The van der Waals surface area contributed by atoms with Crippen molar-refractivity contribution in [2.75, 3.05) is 20.2 Å². The Balaban J connectivity index is 3.34. The Morgan fingerprint density at radius 1 is 1.08 bits per heavy atom. The van der Waals surface area contributed by atoms with E-state index in [4.69, 9.17) is 4.74 Å². The van der Waals surface area contributed by atoms with E-state index in [1.54, 1.807) is 7.11 Å². The van der Waals surface area contributed by atoms with E-state index in [0.29, 0.717) is 12.0 Å². The predicted molar refractivity (Wildman–Crippen MR) is 58.0 cm³/mol. The largest absolute Gasteiger partial charge is 0.382 e. The number of methoxy groups -OCH3 is 1. The fourth-order valence-corrected chi connectivity index (χ4v) is 1.36. The first-order valence-corrected chi connectivity index (χ1v) is 5.29. The lowest BCUT2D eigenvalue weighted by molar-refractivity contribution is 0.0971. The molecule has 2 unspecified atom stereocenters. The van der Waals surface area contributed by atoms with Gasteiger partial charge in [0.25, 0.3) is 0 Å². The van der Waals surface area contributed by atoms with Gasteiger partial charge in [-0.25, -0.2) is 0 Å². The topological polar surface area (TPSA) is 21.3 Å². The molecule has 2 heteroatoms. The molecule has 2 atom stereocenters. The first-order valence-electron chi connectivity index (χ1n) is 5.29. The minimum absolute atomic E-state index is 0.385. The van der Waals surface area contributed by atoms with E-state index in [9.17, 15) is 0 Å². The highest BCUT2D eigenvalue weighted by molar-refractivity contribution is 4.62. The third-order valence-corrected chi connectivity index (χ3v) is 2.18. The molecule has 2 nitrogen and oxygen atoms in total. The molecule has 0 saturated heterocycles. The average Bonchev–Trinajstić information content (AvgIpc) is 2.03. The lowest BCUT2D eigenvalue weighted by atomic mass is 10.0. The van der Waals surface area contributed by atoms with E-state index in [-0.39, 0.29) is 0 Å². The average molecular weight is 187 g/mol. The monoisotopic (exact) mass is 187 g/mol. The molecule has 1 N–H and O–H groups in total. The first-order chi connectivity index (χ1) is 6.06. The molecule has 0 rings (SSSR count). The maximum Gasteiger partial charge on any atom is 0.0546 e. The van der Waals surface area contributed by atoms with Gasteiger partial charge < -0.3 is 10.1 Å². The standard InChI is InChI=1S/C11H25NO/c1-9(2)7-12-8-10(3)6-11(4)13-5/h9-12H,6-8H2,1-5H3. The second-order valence-corrected chi connectivity index (χ2v) is 4.44. The maximum atomic E-state index is 5.22. The highest BCUT2D eigenvalue weighted by atomic mass is 16.5. The van der Waals surface area contributed by atoms with Crippen LogP contribution in [0.25, 0.3) is 0 Å². The van der Waals surface area contributed by atoms with Crippen molar-refractivity contribution in [2.45, 2.75) is 40.2 Å². The number of ether oxygens (including phenoxy) is 1. The van der Waals surface area contributed by atoms with E-state index in [1.165, 1.54) is 0 Å². The quantitative estimate of drug-likeness (QED) is 0.660. The predicted octanol–water partition coefficient (Wildman–Crippen LogP) is 2.29. The molecular formula is C11H25NO. The third-order valence-electron chi connectivity index (χ3n) is 2.18. The molecule has 80 valence electrons. The second kappa shape index (κ2) is 7.34. The fourth-order valence-electron chi connectivity index (χ4n) is 1.36. The van der Waals surface area contributed by atoms with Gasteiger partial charge in [0, 0.05) is 7.11 Å². The normalized spacial score (nSPS) is 16.2. The van der Waals surface area contributed by atoms with Crippen LogP contribution >= 0.6 is 0 Å². The van der Waals surface area contributed by atoms with Crippen molar-refractivity contribution in [3.05, 3.63) is 0 Å². The zero-order valence-electron chi connectivity index (χ0n) is 9.76. The smallest absolute Gasteiger partial charge is 0.0546 e. The van der Waals surface area contributed by atoms with Crippen LogP contribution in [0.5, 0.6) is 0 Å². The van der Waals surface area contributed by atoms with Crippen LogP contribution in [0, 0.1) is 11.8 Å². The Kier molecular flexibility index (Phi) is 7.29. The van der Waals surface area contributed by atoms with Gasteiger partial charge in [0.05, 0.1) is 6.10 Å². The van der Waals surface area contributed by atoms with Crippen LogP contribution in [-0.2, 0) is 4.74 Å². The zero-order chi connectivity index (χ0) is 10.3. The molecule has 0 heterocycles. The van der Waals surface area contributed by atoms with Gasteiger partial charge in [-0.3, -0.25) is 0 Å². The Hall–Kier alpha value is -0.0800. The SMILES string of the molecule is COC(C)CC(C)CNCC(C)C. The lowest BCUT2D eigenvalue weighted by Gasteiger charge is -2.17. The molecule has 0 fully saturated rings. The molecule has 0 amide bonds. The van der Waals surface area contributed by atoms with Gasteiger partial charge in [0.2, 0.25) is 0 Å². The van der Waals surface area contributed by atoms with Gasteiger partial charge in [-0.15, -0.1) is 0 Å². The molecule has 0 bridgehead atoms. The van der Waals surface area contributed by atoms with E-state index >= 15 is 0 Å². The fraction of sp³-hybridized carbons (Fsp3) is 1.00. The van der Waals surface area contributed by atoms with Gasteiger partial charge in [0.1, 0.15) is 0 Å². The maximum absolute atomic E-state index is 5.22. The molecule has 0 saturated carbocycles. The second-order valence-electron chi connectivity index (χ2n) is 4.44. The summed E-state index contributed by atoms with van der Waals surface area (Å²) >= 11 is 0. The zero-order valence-corrected chi connectivity index (χ0v) is 9.76. The van der Waals surface area contributed by atoms with Crippen LogP contribution in [0.2, 0.25) is 0 Å². The molecule has 0 radical (unpaired) electrons. The van der Waals surface area contributed by atoms with Gasteiger partial charge >= 0.3 is 0 Å². The van der Waals surface area contributed by atoms with Crippen LogP contribution in [0.1, 0.15) is 34.1 Å². The van der Waals surface area contributed by atoms with Crippen molar-refractivity contribution in [2.24, 2.45) is 11.8 Å². The number of hydrogen-bond donors (Lipinski definition) is 1. The van der Waals surface area contributed by atoms with E-state index in [0.717, 1.165) is 25.4 Å². The van der Waals surface area contributed by atoms with Crippen LogP contribution in [0.15, 0.2) is 0 Å². The van der Waals surface area contributed by atoms with Gasteiger partial charge in [-0.2, -0.15) is 0 Å². The van der Waals surface area contributed by atoms with Gasteiger partial charge in [-0.05, 0) is 38.3 Å². The van der Waals surface area contributed by atoms with Crippen molar-refractivity contribution < 1.29 is 4.74 Å². The summed E-state index contributed by atoms with van der Waals surface area (Å²) in [6.45, 7) is 11.1. The Labute approximate surface area is 83.1 Å². The summed E-state index contributed by atoms with van der Waals surface area (Å²) in [6.07, 6.45) is 1.53. The molecular weight excluding hydrogens is 162 g/mol. The number of rotatable bonds is 7. The summed E-state index contributed by atoms with van der Waals surface area (Å²) in [5.41, 5.74) is 0. The molecule has 13 heavy (non-hydrogen) atoms. The minimum atomic E-state index is 0.385. The summed E-state index contributed by atoms with van der Waals surface area (Å²) in [6, 6.07) is 0. The molecule has 0 aromatic heterocycles. The van der Waals surface area contributed by atoms with Crippen molar-refractivity contribution in [3.63, 3.8) is 0 Å².